The summed E-state index contributed by atoms with van der Waals surface area (Å²) < 4.78 is 5.48. The molecule has 3 nitrogen and oxygen atoms in total. The molecular weight excluding hydrogens is 280 g/mol. The molecule has 1 atom stereocenters. The molecule has 1 unspecified atom stereocenters. The Balaban J connectivity index is 1.93. The molecule has 0 fully saturated rings. The summed E-state index contributed by atoms with van der Waals surface area (Å²) in [6.45, 7) is 2.87. The second kappa shape index (κ2) is 6.98. The van der Waals surface area contributed by atoms with E-state index in [4.69, 9.17) is 21.8 Å². The van der Waals surface area contributed by atoms with Crippen LogP contribution in [0.2, 0.25) is 5.02 Å². The molecule has 0 saturated carbocycles. The highest BCUT2D eigenvalue weighted by molar-refractivity contribution is 7.98. The normalized spacial score (nSPS) is 12.6. The minimum absolute atomic E-state index is 0.535. The number of hydrogen-bond acceptors (Lipinski definition) is 4. The Morgan fingerprint density at radius 1 is 1.37 bits per heavy atom. The Hall–Kier alpha value is -0.970. The predicted octanol–water partition coefficient (Wildman–Crippen LogP) is 3.82. The molecule has 0 radical (unpaired) electrons. The number of nitrogens with zero attached hydrogens (tertiary/aromatic N) is 1. The van der Waals surface area contributed by atoms with Crippen molar-refractivity contribution in [2.24, 2.45) is 11.7 Å². The van der Waals surface area contributed by atoms with Gasteiger partial charge in [-0.15, -0.1) is 0 Å². The lowest BCUT2D eigenvalue weighted by Gasteiger charge is -2.05. The van der Waals surface area contributed by atoms with Crippen LogP contribution in [0.1, 0.15) is 12.6 Å². The van der Waals surface area contributed by atoms with Crippen molar-refractivity contribution in [2.45, 2.75) is 12.7 Å². The first-order valence-corrected chi connectivity index (χ1v) is 7.70. The van der Waals surface area contributed by atoms with Gasteiger partial charge in [0.25, 0.3) is 0 Å². The second-order valence-electron chi connectivity index (χ2n) is 4.51. The van der Waals surface area contributed by atoms with Gasteiger partial charge in [0, 0.05) is 16.3 Å². The minimum atomic E-state index is 0.535. The standard InChI is InChI=1S/C14H17ClN2OS/c1-10(6-16)8-19-9-13-7-18-14(17-13)11-2-4-12(15)5-3-11/h2-5,7,10H,6,8-9,16H2,1H3. The first-order chi connectivity index (χ1) is 9.19. The summed E-state index contributed by atoms with van der Waals surface area (Å²) >= 11 is 7.68. The zero-order valence-electron chi connectivity index (χ0n) is 10.8. The van der Waals surface area contributed by atoms with Gasteiger partial charge in [-0.3, -0.25) is 0 Å². The van der Waals surface area contributed by atoms with Crippen LogP contribution in [0.15, 0.2) is 34.9 Å². The van der Waals surface area contributed by atoms with Crippen LogP contribution in [0.25, 0.3) is 11.5 Å². The highest BCUT2D eigenvalue weighted by Crippen LogP contribution is 2.22. The lowest BCUT2D eigenvalue weighted by molar-refractivity contribution is 0.573. The van der Waals surface area contributed by atoms with E-state index < -0.39 is 0 Å². The Kier molecular flexibility index (Phi) is 5.31. The van der Waals surface area contributed by atoms with E-state index in [0.717, 1.165) is 29.3 Å². The molecule has 0 aliphatic carbocycles. The fraction of sp³-hybridized carbons (Fsp3) is 0.357. The van der Waals surface area contributed by atoms with Gasteiger partial charge < -0.3 is 10.2 Å². The molecule has 0 saturated heterocycles. The lowest BCUT2D eigenvalue weighted by Crippen LogP contribution is -2.12. The Morgan fingerprint density at radius 2 is 2.11 bits per heavy atom. The molecule has 1 aromatic heterocycles. The Labute approximate surface area is 122 Å². The fourth-order valence-corrected chi connectivity index (χ4v) is 2.66. The molecule has 5 heteroatoms. The number of aromatic nitrogens is 1. The largest absolute Gasteiger partial charge is 0.444 e. The monoisotopic (exact) mass is 296 g/mol. The van der Waals surface area contributed by atoms with Crippen LogP contribution >= 0.6 is 23.4 Å². The van der Waals surface area contributed by atoms with Gasteiger partial charge in [-0.1, -0.05) is 18.5 Å². The summed E-state index contributed by atoms with van der Waals surface area (Å²) in [6.07, 6.45) is 1.71. The van der Waals surface area contributed by atoms with Crippen molar-refractivity contribution in [2.75, 3.05) is 12.3 Å². The fourth-order valence-electron chi connectivity index (χ4n) is 1.53. The van der Waals surface area contributed by atoms with Crippen molar-refractivity contribution in [1.29, 1.82) is 0 Å². The van der Waals surface area contributed by atoms with E-state index in [-0.39, 0.29) is 0 Å². The SMILES string of the molecule is CC(CN)CSCc1coc(-c2ccc(Cl)cc2)n1. The molecule has 2 aromatic rings. The molecule has 1 heterocycles. The van der Waals surface area contributed by atoms with Crippen molar-refractivity contribution in [1.82, 2.24) is 4.98 Å². The van der Waals surface area contributed by atoms with E-state index in [2.05, 4.69) is 11.9 Å². The molecule has 0 bridgehead atoms. The van der Waals surface area contributed by atoms with Crippen LogP contribution in [0, 0.1) is 5.92 Å². The zero-order chi connectivity index (χ0) is 13.7. The van der Waals surface area contributed by atoms with Gasteiger partial charge in [-0.2, -0.15) is 11.8 Å². The highest BCUT2D eigenvalue weighted by Gasteiger charge is 2.07. The Morgan fingerprint density at radius 3 is 2.79 bits per heavy atom. The number of thioether (sulfide) groups is 1. The lowest BCUT2D eigenvalue weighted by atomic mass is 10.2. The quantitative estimate of drug-likeness (QED) is 0.880. The molecule has 0 aliphatic heterocycles. The third-order valence-electron chi connectivity index (χ3n) is 2.70. The molecule has 2 rings (SSSR count). The Bertz CT molecular complexity index is 512. The number of benzene rings is 1. The number of oxazole rings is 1. The van der Waals surface area contributed by atoms with Crippen molar-refractivity contribution >= 4 is 23.4 Å². The van der Waals surface area contributed by atoms with Crippen LogP contribution in [0.5, 0.6) is 0 Å². The average molecular weight is 297 g/mol. The van der Waals surface area contributed by atoms with Crippen LogP contribution < -0.4 is 5.73 Å². The average Bonchev–Trinajstić information content (AvgIpc) is 2.88. The van der Waals surface area contributed by atoms with Crippen molar-refractivity contribution in [3.63, 3.8) is 0 Å². The molecular formula is C14H17ClN2OS. The zero-order valence-corrected chi connectivity index (χ0v) is 12.4. The van der Waals surface area contributed by atoms with Gasteiger partial charge in [0.2, 0.25) is 5.89 Å². The predicted molar refractivity (Wildman–Crippen MR) is 81.3 cm³/mol. The van der Waals surface area contributed by atoms with E-state index in [0.29, 0.717) is 16.8 Å². The summed E-state index contributed by atoms with van der Waals surface area (Å²) in [4.78, 5) is 4.47. The topological polar surface area (TPSA) is 52.0 Å². The highest BCUT2D eigenvalue weighted by atomic mass is 35.5. The maximum Gasteiger partial charge on any atom is 0.226 e. The van der Waals surface area contributed by atoms with Gasteiger partial charge in [-0.05, 0) is 42.5 Å². The summed E-state index contributed by atoms with van der Waals surface area (Å²) in [7, 11) is 0. The smallest absolute Gasteiger partial charge is 0.226 e. The number of halogens is 1. The van der Waals surface area contributed by atoms with E-state index in [1.807, 2.05) is 36.0 Å². The summed E-state index contributed by atoms with van der Waals surface area (Å²) in [6, 6.07) is 7.47. The summed E-state index contributed by atoms with van der Waals surface area (Å²) in [5, 5.41) is 0.710. The number of hydrogen-bond donors (Lipinski definition) is 1. The minimum Gasteiger partial charge on any atom is -0.444 e. The van der Waals surface area contributed by atoms with Gasteiger partial charge in [0.15, 0.2) is 0 Å². The molecule has 1 aromatic carbocycles. The molecule has 0 amide bonds. The van der Waals surface area contributed by atoms with Crippen LogP contribution in [-0.4, -0.2) is 17.3 Å². The van der Waals surface area contributed by atoms with Crippen LogP contribution in [0.4, 0.5) is 0 Å². The van der Waals surface area contributed by atoms with Gasteiger partial charge in [0.1, 0.15) is 6.26 Å². The second-order valence-corrected chi connectivity index (χ2v) is 5.97. The van der Waals surface area contributed by atoms with Gasteiger partial charge in [0.05, 0.1) is 5.69 Å². The van der Waals surface area contributed by atoms with E-state index in [9.17, 15) is 0 Å². The van der Waals surface area contributed by atoms with Crippen LogP contribution in [0.3, 0.4) is 0 Å². The summed E-state index contributed by atoms with van der Waals surface area (Å²) in [5.41, 5.74) is 7.48. The third kappa shape index (κ3) is 4.27. The maximum atomic E-state index is 5.85. The molecule has 0 aliphatic rings. The van der Waals surface area contributed by atoms with E-state index in [1.165, 1.54) is 0 Å². The third-order valence-corrected chi connectivity index (χ3v) is 4.25. The molecule has 2 N–H and O–H groups in total. The number of nitrogens with two attached hydrogens (primary N) is 1. The van der Waals surface area contributed by atoms with Gasteiger partial charge in [-0.25, -0.2) is 4.98 Å². The van der Waals surface area contributed by atoms with Crippen LogP contribution in [-0.2, 0) is 5.75 Å². The van der Waals surface area contributed by atoms with Crippen molar-refractivity contribution in [3.8, 4) is 11.5 Å². The summed E-state index contributed by atoms with van der Waals surface area (Å²) in [5.74, 6) is 3.06. The molecule has 102 valence electrons. The maximum absolute atomic E-state index is 5.85. The van der Waals surface area contributed by atoms with Crippen molar-refractivity contribution in [3.05, 3.63) is 41.2 Å². The van der Waals surface area contributed by atoms with E-state index >= 15 is 0 Å². The van der Waals surface area contributed by atoms with Gasteiger partial charge >= 0.3 is 0 Å². The first-order valence-electron chi connectivity index (χ1n) is 6.17. The molecule has 19 heavy (non-hydrogen) atoms. The first kappa shape index (κ1) is 14.4. The number of rotatable bonds is 6. The van der Waals surface area contributed by atoms with E-state index in [1.54, 1.807) is 6.26 Å². The molecule has 0 spiro atoms. The van der Waals surface area contributed by atoms with Crippen molar-refractivity contribution < 1.29 is 4.42 Å².